The minimum absolute atomic E-state index is 0.0454. The Morgan fingerprint density at radius 2 is 2.11 bits per heavy atom. The first-order valence-corrected chi connectivity index (χ1v) is 10.5. The summed E-state index contributed by atoms with van der Waals surface area (Å²) in [5.74, 6) is 0.896. The lowest BCUT2D eigenvalue weighted by Crippen LogP contribution is -2.40. The highest BCUT2D eigenvalue weighted by molar-refractivity contribution is 7.90. The van der Waals surface area contributed by atoms with E-state index in [0.717, 1.165) is 23.4 Å². The van der Waals surface area contributed by atoms with Crippen molar-refractivity contribution < 1.29 is 9.29 Å². The summed E-state index contributed by atoms with van der Waals surface area (Å²) in [5.41, 5.74) is 2.54. The summed E-state index contributed by atoms with van der Waals surface area (Å²) in [4.78, 5) is 17.9. The van der Waals surface area contributed by atoms with Gasteiger partial charge in [0.05, 0.1) is 23.6 Å². The van der Waals surface area contributed by atoms with Crippen LogP contribution >= 0.6 is 0 Å². The highest BCUT2D eigenvalue weighted by atomic mass is 32.2. The molecule has 1 saturated heterocycles. The number of benzene rings is 1. The van der Waals surface area contributed by atoms with E-state index in [2.05, 4.69) is 4.72 Å². The molecule has 1 aliphatic rings. The lowest BCUT2D eigenvalue weighted by atomic mass is 10.0. The summed E-state index contributed by atoms with van der Waals surface area (Å²) >= 11 is -1.22. The molecular formula is C20H29N3O3S. The fraction of sp³-hybridized carbons (Fsp3) is 0.600. The maximum Gasteiger partial charge on any atom is 0.261 e. The summed E-state index contributed by atoms with van der Waals surface area (Å²) in [7, 11) is 1.78. The van der Waals surface area contributed by atoms with E-state index in [9.17, 15) is 9.35 Å². The molecule has 1 unspecified atom stereocenters. The Balaban J connectivity index is 2.13. The summed E-state index contributed by atoms with van der Waals surface area (Å²) in [6.07, 6.45) is 0.870. The van der Waals surface area contributed by atoms with Crippen LogP contribution < -0.4 is 10.3 Å². The molecule has 1 aliphatic heterocycles. The zero-order chi connectivity index (χ0) is 19.9. The molecule has 1 aromatic heterocycles. The number of aryl methyl sites for hydroxylation is 1. The molecule has 3 atom stereocenters. The van der Waals surface area contributed by atoms with E-state index < -0.39 is 11.4 Å². The largest absolute Gasteiger partial charge is 0.598 e. The number of hydrogen-bond donors (Lipinski definition) is 1. The maximum atomic E-state index is 13.0. The Kier molecular flexibility index (Phi) is 5.68. The molecule has 2 aromatic rings. The number of aromatic nitrogens is 2. The summed E-state index contributed by atoms with van der Waals surface area (Å²) in [5, 5.41) is 0.602. The van der Waals surface area contributed by atoms with E-state index in [4.69, 9.17) is 9.72 Å². The van der Waals surface area contributed by atoms with Gasteiger partial charge in [-0.15, -0.1) is 4.72 Å². The van der Waals surface area contributed by atoms with Crippen molar-refractivity contribution in [2.24, 2.45) is 7.05 Å². The number of nitrogens with zero attached hydrogens (tertiary/aromatic N) is 2. The first kappa shape index (κ1) is 20.3. The standard InChI is InChI=1S/C20H29N3O3S/c1-12-9-15(13(2)22-27(25)20(3,4)5)17-16(10-12)19(24)23(6)18(21-17)14-7-8-26-11-14/h9-10,13-14,22H,7-8,11H2,1-6H3/t13-,14?,27-/m1/s1. The smallest absolute Gasteiger partial charge is 0.261 e. The molecule has 1 N–H and O–H groups in total. The van der Waals surface area contributed by atoms with Crippen LogP contribution in [-0.2, 0) is 23.1 Å². The van der Waals surface area contributed by atoms with E-state index >= 15 is 0 Å². The van der Waals surface area contributed by atoms with E-state index in [1.807, 2.05) is 46.8 Å². The minimum Gasteiger partial charge on any atom is -0.598 e. The number of fused-ring (bicyclic) bond motifs is 1. The second-order valence-corrected chi connectivity index (χ2v) is 10.4. The van der Waals surface area contributed by atoms with E-state index in [1.165, 1.54) is 0 Å². The molecule has 2 heterocycles. The number of hydrogen-bond acceptors (Lipinski definition) is 5. The number of ether oxygens (including phenoxy) is 1. The third-order valence-corrected chi connectivity index (χ3v) is 6.67. The molecule has 3 rings (SSSR count). The van der Waals surface area contributed by atoms with Crippen LogP contribution in [0.5, 0.6) is 0 Å². The normalized spacial score (nSPS) is 20.2. The van der Waals surface area contributed by atoms with Crippen LogP contribution in [0.15, 0.2) is 16.9 Å². The van der Waals surface area contributed by atoms with E-state index in [1.54, 1.807) is 11.6 Å². The van der Waals surface area contributed by atoms with Gasteiger partial charge in [0.2, 0.25) is 0 Å². The van der Waals surface area contributed by atoms with Crippen LogP contribution in [-0.4, -0.2) is 32.1 Å². The molecule has 0 spiro atoms. The molecule has 0 amide bonds. The molecule has 1 fully saturated rings. The predicted octanol–water partition coefficient (Wildman–Crippen LogP) is 2.86. The molecule has 1 aromatic carbocycles. The SMILES string of the molecule is Cc1cc([C@@H](C)N[S@+]([O-])C(C)(C)C)c2nc(C3CCOC3)n(C)c(=O)c2c1. The van der Waals surface area contributed by atoms with Gasteiger partial charge in [-0.25, -0.2) is 4.98 Å². The fourth-order valence-corrected chi connectivity index (χ4v) is 4.20. The molecule has 0 bridgehead atoms. The van der Waals surface area contributed by atoms with Gasteiger partial charge in [-0.3, -0.25) is 9.36 Å². The monoisotopic (exact) mass is 391 g/mol. The van der Waals surface area contributed by atoms with Gasteiger partial charge in [-0.1, -0.05) is 6.07 Å². The summed E-state index contributed by atoms with van der Waals surface area (Å²) in [6, 6.07) is 3.72. The van der Waals surface area contributed by atoms with Crippen LogP contribution in [0.25, 0.3) is 10.9 Å². The maximum absolute atomic E-state index is 13.0. The molecular weight excluding hydrogens is 362 g/mol. The Labute approximate surface area is 163 Å². The van der Waals surface area contributed by atoms with Crippen molar-refractivity contribution in [3.8, 4) is 0 Å². The molecule has 148 valence electrons. The van der Waals surface area contributed by atoms with Crippen LogP contribution in [0.4, 0.5) is 0 Å². The average molecular weight is 392 g/mol. The molecule has 0 saturated carbocycles. The fourth-order valence-electron chi connectivity index (χ4n) is 3.40. The molecule has 6 nitrogen and oxygen atoms in total. The molecule has 27 heavy (non-hydrogen) atoms. The van der Waals surface area contributed by atoms with Crippen molar-refractivity contribution in [3.63, 3.8) is 0 Å². The van der Waals surface area contributed by atoms with Crippen molar-refractivity contribution in [3.05, 3.63) is 39.4 Å². The third-order valence-electron chi connectivity index (χ3n) is 4.99. The Morgan fingerprint density at radius 3 is 2.70 bits per heavy atom. The molecule has 7 heteroatoms. The lowest BCUT2D eigenvalue weighted by molar-refractivity contribution is 0.192. The van der Waals surface area contributed by atoms with Gasteiger partial charge in [0.1, 0.15) is 10.6 Å². The second-order valence-electron chi connectivity index (χ2n) is 8.37. The number of nitrogens with one attached hydrogen (secondary N) is 1. The van der Waals surface area contributed by atoms with Crippen LogP contribution in [0.1, 0.15) is 63.0 Å². The van der Waals surface area contributed by atoms with Crippen molar-refractivity contribution in [1.29, 1.82) is 0 Å². The Bertz CT molecular complexity index is 898. The zero-order valence-electron chi connectivity index (χ0n) is 17.0. The van der Waals surface area contributed by atoms with Gasteiger partial charge in [-0.05, 0) is 52.7 Å². The van der Waals surface area contributed by atoms with E-state index in [0.29, 0.717) is 24.1 Å². The number of rotatable bonds is 4. The van der Waals surface area contributed by atoms with Gasteiger partial charge in [0.25, 0.3) is 5.56 Å². The van der Waals surface area contributed by atoms with Crippen LogP contribution in [0.3, 0.4) is 0 Å². The first-order valence-electron chi connectivity index (χ1n) is 9.36. The van der Waals surface area contributed by atoms with Crippen molar-refractivity contribution in [2.45, 2.75) is 57.7 Å². The van der Waals surface area contributed by atoms with Crippen molar-refractivity contribution in [2.75, 3.05) is 13.2 Å². The average Bonchev–Trinajstić information content (AvgIpc) is 3.11. The second kappa shape index (κ2) is 7.54. The highest BCUT2D eigenvalue weighted by Crippen LogP contribution is 2.28. The van der Waals surface area contributed by atoms with Gasteiger partial charge in [0, 0.05) is 36.5 Å². The zero-order valence-corrected chi connectivity index (χ0v) is 17.8. The topological polar surface area (TPSA) is 79.2 Å². The van der Waals surface area contributed by atoms with E-state index in [-0.39, 0.29) is 22.3 Å². The molecule has 0 radical (unpaired) electrons. The highest BCUT2D eigenvalue weighted by Gasteiger charge is 2.30. The van der Waals surface area contributed by atoms with Crippen molar-refractivity contribution >= 4 is 22.3 Å². The Morgan fingerprint density at radius 1 is 1.41 bits per heavy atom. The van der Waals surface area contributed by atoms with Crippen molar-refractivity contribution in [1.82, 2.24) is 14.3 Å². The van der Waals surface area contributed by atoms with Gasteiger partial charge < -0.3 is 9.29 Å². The van der Waals surface area contributed by atoms with Crippen LogP contribution in [0, 0.1) is 6.92 Å². The predicted molar refractivity (Wildman–Crippen MR) is 109 cm³/mol. The van der Waals surface area contributed by atoms with Crippen LogP contribution in [0.2, 0.25) is 0 Å². The Hall–Kier alpha value is -1.41. The minimum atomic E-state index is -1.22. The quantitative estimate of drug-likeness (QED) is 0.811. The van der Waals surface area contributed by atoms with Gasteiger partial charge >= 0.3 is 0 Å². The molecule has 0 aliphatic carbocycles. The third kappa shape index (κ3) is 4.06. The van der Waals surface area contributed by atoms with Gasteiger partial charge in [0.15, 0.2) is 0 Å². The summed E-state index contributed by atoms with van der Waals surface area (Å²) in [6.45, 7) is 11.0. The summed E-state index contributed by atoms with van der Waals surface area (Å²) < 4.78 is 22.5. The lowest BCUT2D eigenvalue weighted by Gasteiger charge is -2.27. The first-order chi connectivity index (χ1) is 12.6. The van der Waals surface area contributed by atoms with Gasteiger partial charge in [-0.2, -0.15) is 0 Å².